The van der Waals surface area contributed by atoms with Gasteiger partial charge in [-0.25, -0.2) is 4.98 Å². The molecule has 0 saturated carbocycles. The summed E-state index contributed by atoms with van der Waals surface area (Å²) in [5.41, 5.74) is 3.76. The molecule has 1 aliphatic rings. The Morgan fingerprint density at radius 1 is 1.32 bits per heavy atom. The Kier molecular flexibility index (Phi) is 3.38. The molecule has 0 bridgehead atoms. The average molecular weight is 255 g/mol. The first-order valence-corrected chi connectivity index (χ1v) is 7.09. The topological polar surface area (TPSA) is 29.9 Å². The van der Waals surface area contributed by atoms with Crippen molar-refractivity contribution < 1.29 is 0 Å². The summed E-state index contributed by atoms with van der Waals surface area (Å²) in [7, 11) is 0. The maximum atomic E-state index is 4.35. The largest absolute Gasteiger partial charge is 0.306 e. The highest BCUT2D eigenvalue weighted by atomic mass is 15.1. The van der Waals surface area contributed by atoms with Crippen molar-refractivity contribution in [3.8, 4) is 5.69 Å². The van der Waals surface area contributed by atoms with Crippen LogP contribution in [0.5, 0.6) is 0 Å². The van der Waals surface area contributed by atoms with Crippen LogP contribution in [-0.4, -0.2) is 15.6 Å². The molecule has 1 aliphatic heterocycles. The van der Waals surface area contributed by atoms with E-state index in [1.54, 1.807) is 0 Å². The molecule has 1 aromatic heterocycles. The van der Waals surface area contributed by atoms with Gasteiger partial charge in [0.1, 0.15) is 0 Å². The van der Waals surface area contributed by atoms with E-state index in [0.29, 0.717) is 12.1 Å². The van der Waals surface area contributed by atoms with Gasteiger partial charge in [-0.2, -0.15) is 0 Å². The molecule has 19 heavy (non-hydrogen) atoms. The summed E-state index contributed by atoms with van der Waals surface area (Å²) < 4.78 is 2.21. The van der Waals surface area contributed by atoms with E-state index in [4.69, 9.17) is 0 Å². The molecule has 0 radical (unpaired) electrons. The first-order chi connectivity index (χ1) is 9.24. The molecule has 3 rings (SSSR count). The van der Waals surface area contributed by atoms with Crippen LogP contribution in [0.1, 0.15) is 43.5 Å². The van der Waals surface area contributed by atoms with Crippen LogP contribution in [0, 0.1) is 6.92 Å². The molecule has 2 unspecified atom stereocenters. The van der Waals surface area contributed by atoms with Gasteiger partial charge in [-0.05, 0) is 50.8 Å². The molecule has 2 aromatic rings. The number of aromatic nitrogens is 2. The van der Waals surface area contributed by atoms with Gasteiger partial charge < -0.3 is 9.88 Å². The highest BCUT2D eigenvalue weighted by Gasteiger charge is 2.22. The molecule has 1 aromatic carbocycles. The zero-order chi connectivity index (χ0) is 13.2. The predicted octanol–water partition coefficient (Wildman–Crippen LogP) is 3.38. The number of hydrogen-bond donors (Lipinski definition) is 1. The molecule has 2 heterocycles. The molecule has 0 aliphatic carbocycles. The fourth-order valence-electron chi connectivity index (χ4n) is 2.93. The second-order valence-electron chi connectivity index (χ2n) is 5.58. The van der Waals surface area contributed by atoms with Crippen molar-refractivity contribution in [2.45, 2.75) is 45.2 Å². The molecule has 1 saturated heterocycles. The van der Waals surface area contributed by atoms with Crippen molar-refractivity contribution in [2.24, 2.45) is 0 Å². The van der Waals surface area contributed by atoms with Crippen LogP contribution in [0.25, 0.3) is 5.69 Å². The van der Waals surface area contributed by atoms with Gasteiger partial charge in [-0.15, -0.1) is 0 Å². The Morgan fingerprint density at radius 2 is 2.21 bits per heavy atom. The Labute approximate surface area is 114 Å². The Hall–Kier alpha value is -1.61. The van der Waals surface area contributed by atoms with Crippen LogP contribution >= 0.6 is 0 Å². The molecule has 3 heteroatoms. The van der Waals surface area contributed by atoms with Gasteiger partial charge in [0.05, 0.1) is 18.2 Å². The molecule has 2 atom stereocenters. The SMILES string of the molecule is Cc1cccc(-n2cncc2C2CCCC(C)N2)c1. The number of rotatable bonds is 2. The molecule has 100 valence electrons. The summed E-state index contributed by atoms with van der Waals surface area (Å²) in [6.45, 7) is 4.39. The minimum atomic E-state index is 0.423. The van der Waals surface area contributed by atoms with Gasteiger partial charge in [0.25, 0.3) is 0 Å². The smallest absolute Gasteiger partial charge is 0.0994 e. The number of nitrogens with zero attached hydrogens (tertiary/aromatic N) is 2. The van der Waals surface area contributed by atoms with Crippen LogP contribution in [0.15, 0.2) is 36.8 Å². The lowest BCUT2D eigenvalue weighted by Crippen LogP contribution is -2.35. The standard InChI is InChI=1S/C16H21N3/c1-12-5-3-7-14(9-12)19-11-17-10-16(19)15-8-4-6-13(2)18-15/h3,5,7,9-11,13,15,18H,4,6,8H2,1-2H3. The quantitative estimate of drug-likeness (QED) is 0.891. The van der Waals surface area contributed by atoms with Crippen LogP contribution in [0.4, 0.5) is 0 Å². The number of nitrogens with one attached hydrogen (secondary N) is 1. The minimum Gasteiger partial charge on any atom is -0.306 e. The maximum Gasteiger partial charge on any atom is 0.0994 e. The van der Waals surface area contributed by atoms with Gasteiger partial charge in [0.15, 0.2) is 0 Å². The zero-order valence-electron chi connectivity index (χ0n) is 11.6. The Balaban J connectivity index is 1.94. The van der Waals surface area contributed by atoms with E-state index in [2.05, 4.69) is 53.0 Å². The van der Waals surface area contributed by atoms with Gasteiger partial charge in [-0.1, -0.05) is 12.1 Å². The molecule has 0 spiro atoms. The molecule has 3 nitrogen and oxygen atoms in total. The van der Waals surface area contributed by atoms with Crippen molar-refractivity contribution in [1.82, 2.24) is 14.9 Å². The monoisotopic (exact) mass is 255 g/mol. The molecule has 1 fully saturated rings. The van der Waals surface area contributed by atoms with E-state index in [0.717, 1.165) is 0 Å². The highest BCUT2D eigenvalue weighted by molar-refractivity contribution is 5.37. The van der Waals surface area contributed by atoms with E-state index in [-0.39, 0.29) is 0 Å². The van der Waals surface area contributed by atoms with Gasteiger partial charge >= 0.3 is 0 Å². The third-order valence-electron chi connectivity index (χ3n) is 3.92. The minimum absolute atomic E-state index is 0.423. The van der Waals surface area contributed by atoms with E-state index < -0.39 is 0 Å². The van der Waals surface area contributed by atoms with E-state index >= 15 is 0 Å². The third-order valence-corrected chi connectivity index (χ3v) is 3.92. The number of benzene rings is 1. The first-order valence-electron chi connectivity index (χ1n) is 7.09. The lowest BCUT2D eigenvalue weighted by Gasteiger charge is -2.29. The normalized spacial score (nSPS) is 23.5. The average Bonchev–Trinajstić information content (AvgIpc) is 2.88. The van der Waals surface area contributed by atoms with Crippen LogP contribution in [0.2, 0.25) is 0 Å². The van der Waals surface area contributed by atoms with E-state index in [1.165, 1.54) is 36.2 Å². The van der Waals surface area contributed by atoms with Gasteiger partial charge in [-0.3, -0.25) is 0 Å². The lowest BCUT2D eigenvalue weighted by molar-refractivity contribution is 0.334. The van der Waals surface area contributed by atoms with Gasteiger partial charge in [0.2, 0.25) is 0 Å². The summed E-state index contributed by atoms with van der Waals surface area (Å²) in [6.07, 6.45) is 7.68. The van der Waals surface area contributed by atoms with Crippen molar-refractivity contribution >= 4 is 0 Å². The maximum absolute atomic E-state index is 4.35. The Bertz CT molecular complexity index is 559. The summed E-state index contributed by atoms with van der Waals surface area (Å²) in [5.74, 6) is 0. The number of piperidine rings is 1. The molecule has 1 N–H and O–H groups in total. The van der Waals surface area contributed by atoms with Crippen LogP contribution in [-0.2, 0) is 0 Å². The van der Waals surface area contributed by atoms with Crippen LogP contribution in [0.3, 0.4) is 0 Å². The number of imidazole rings is 1. The number of hydrogen-bond acceptors (Lipinski definition) is 2. The second kappa shape index (κ2) is 5.17. The second-order valence-corrected chi connectivity index (χ2v) is 5.58. The summed E-state index contributed by atoms with van der Waals surface area (Å²) in [5, 5.41) is 3.68. The molecular weight excluding hydrogens is 234 g/mol. The fourth-order valence-corrected chi connectivity index (χ4v) is 2.93. The third kappa shape index (κ3) is 2.56. The summed E-state index contributed by atoms with van der Waals surface area (Å²) >= 11 is 0. The lowest BCUT2D eigenvalue weighted by atomic mass is 9.97. The van der Waals surface area contributed by atoms with Crippen LogP contribution < -0.4 is 5.32 Å². The number of aryl methyl sites for hydroxylation is 1. The molecular formula is C16H21N3. The zero-order valence-corrected chi connectivity index (χ0v) is 11.6. The van der Waals surface area contributed by atoms with E-state index in [1.807, 2.05) is 12.5 Å². The van der Waals surface area contributed by atoms with Crippen molar-refractivity contribution in [1.29, 1.82) is 0 Å². The molecule has 0 amide bonds. The van der Waals surface area contributed by atoms with Gasteiger partial charge in [0, 0.05) is 17.8 Å². The van der Waals surface area contributed by atoms with Crippen molar-refractivity contribution in [3.63, 3.8) is 0 Å². The van der Waals surface area contributed by atoms with E-state index in [9.17, 15) is 0 Å². The summed E-state index contributed by atoms with van der Waals surface area (Å²) in [4.78, 5) is 4.35. The fraction of sp³-hybridized carbons (Fsp3) is 0.438. The van der Waals surface area contributed by atoms with Crippen molar-refractivity contribution in [3.05, 3.63) is 48.0 Å². The Morgan fingerprint density at radius 3 is 3.00 bits per heavy atom. The van der Waals surface area contributed by atoms with Crippen molar-refractivity contribution in [2.75, 3.05) is 0 Å². The first kappa shape index (κ1) is 12.4. The predicted molar refractivity (Wildman–Crippen MR) is 77.5 cm³/mol. The summed E-state index contributed by atoms with van der Waals surface area (Å²) in [6, 6.07) is 9.60. The highest BCUT2D eigenvalue weighted by Crippen LogP contribution is 2.27.